The van der Waals surface area contributed by atoms with Crippen molar-refractivity contribution in [3.05, 3.63) is 83.2 Å². The Morgan fingerprint density at radius 3 is 2.53 bits per heavy atom. The largest absolute Gasteiger partial charge is 0.508 e. The molecule has 3 aromatic carbocycles. The van der Waals surface area contributed by atoms with E-state index < -0.39 is 11.9 Å². The average molecular weight is 490 g/mol. The van der Waals surface area contributed by atoms with Crippen LogP contribution in [0.1, 0.15) is 50.0 Å². The highest BCUT2D eigenvalue weighted by Gasteiger charge is 2.30. The summed E-state index contributed by atoms with van der Waals surface area (Å²) in [5.41, 5.74) is 3.71. The van der Waals surface area contributed by atoms with Gasteiger partial charge in [0.25, 0.3) is 0 Å². The van der Waals surface area contributed by atoms with E-state index >= 15 is 0 Å². The van der Waals surface area contributed by atoms with Crippen molar-refractivity contribution >= 4 is 11.1 Å². The van der Waals surface area contributed by atoms with Crippen LogP contribution < -0.4 is 9.47 Å². The lowest BCUT2D eigenvalue weighted by Gasteiger charge is -2.31. The maximum absolute atomic E-state index is 14.3. The van der Waals surface area contributed by atoms with E-state index in [1.165, 1.54) is 18.6 Å². The normalized spacial score (nSPS) is 20.7. The number of phenols is 2. The molecule has 0 aromatic heterocycles. The number of halogens is 1. The van der Waals surface area contributed by atoms with Crippen molar-refractivity contribution in [2.24, 2.45) is 5.92 Å². The van der Waals surface area contributed by atoms with Gasteiger partial charge in [-0.05, 0) is 91.9 Å². The Morgan fingerprint density at radius 2 is 1.83 bits per heavy atom. The second kappa shape index (κ2) is 9.86. The smallest absolute Gasteiger partial charge is 0.150 e. The number of rotatable bonds is 6. The summed E-state index contributed by atoms with van der Waals surface area (Å²) in [6, 6.07) is 17.1. The number of hydrogen-bond donors (Lipinski definition) is 2. The van der Waals surface area contributed by atoms with Gasteiger partial charge in [-0.25, -0.2) is 4.39 Å². The molecule has 0 bridgehead atoms. The zero-order chi connectivity index (χ0) is 25.4. The van der Waals surface area contributed by atoms with Crippen LogP contribution in [0.4, 0.5) is 4.39 Å². The Balaban J connectivity index is 1.43. The number of benzene rings is 3. The molecule has 2 aliphatic heterocycles. The van der Waals surface area contributed by atoms with Gasteiger partial charge in [0, 0.05) is 29.8 Å². The number of nitrogens with zero attached hydrogens (tertiary/aromatic N) is 1. The number of allylic oxidation sites excluding steroid dienone is 1. The molecule has 2 heterocycles. The lowest BCUT2D eigenvalue weighted by Crippen LogP contribution is -2.35. The van der Waals surface area contributed by atoms with E-state index in [4.69, 9.17) is 9.47 Å². The second-order valence-corrected chi connectivity index (χ2v) is 10.0. The van der Waals surface area contributed by atoms with Crippen molar-refractivity contribution in [1.82, 2.24) is 4.90 Å². The third-order valence-electron chi connectivity index (χ3n) is 7.22. The molecule has 3 aromatic rings. The molecule has 5 rings (SSSR count). The SMILES string of the molecule is CC1=C(c2cc(O)cc(F)c2)C(c2ccc(OCC(C)N3CC[C@@H](C)C3)cc2)Oc2ccc(O)cc21. The molecule has 0 aliphatic carbocycles. The highest BCUT2D eigenvalue weighted by atomic mass is 19.1. The van der Waals surface area contributed by atoms with Gasteiger partial charge in [-0.1, -0.05) is 19.1 Å². The maximum Gasteiger partial charge on any atom is 0.150 e. The zero-order valence-corrected chi connectivity index (χ0v) is 20.9. The summed E-state index contributed by atoms with van der Waals surface area (Å²) in [6.07, 6.45) is 0.712. The second-order valence-electron chi connectivity index (χ2n) is 10.0. The van der Waals surface area contributed by atoms with E-state index in [0.29, 0.717) is 24.0 Å². The van der Waals surface area contributed by atoms with E-state index in [9.17, 15) is 14.6 Å². The maximum atomic E-state index is 14.3. The zero-order valence-electron chi connectivity index (χ0n) is 20.9. The predicted molar refractivity (Wildman–Crippen MR) is 139 cm³/mol. The molecule has 3 atom stereocenters. The summed E-state index contributed by atoms with van der Waals surface area (Å²) in [7, 11) is 0. The van der Waals surface area contributed by atoms with Crippen LogP contribution in [0.5, 0.6) is 23.0 Å². The Morgan fingerprint density at radius 1 is 1.06 bits per heavy atom. The summed E-state index contributed by atoms with van der Waals surface area (Å²) in [5, 5.41) is 20.1. The van der Waals surface area contributed by atoms with Gasteiger partial charge in [-0.15, -0.1) is 0 Å². The van der Waals surface area contributed by atoms with Crippen molar-refractivity contribution in [3.63, 3.8) is 0 Å². The van der Waals surface area contributed by atoms with Crippen LogP contribution in [0, 0.1) is 11.7 Å². The number of aromatic hydroxyl groups is 2. The van der Waals surface area contributed by atoms with Crippen LogP contribution in [0.3, 0.4) is 0 Å². The van der Waals surface area contributed by atoms with E-state index in [1.54, 1.807) is 18.2 Å². The van der Waals surface area contributed by atoms with Gasteiger partial charge >= 0.3 is 0 Å². The molecule has 1 saturated heterocycles. The van der Waals surface area contributed by atoms with Gasteiger partial charge in [0.1, 0.15) is 41.5 Å². The fourth-order valence-electron chi connectivity index (χ4n) is 5.20. The highest BCUT2D eigenvalue weighted by molar-refractivity contribution is 5.95. The molecule has 0 saturated carbocycles. The quantitative estimate of drug-likeness (QED) is 0.419. The lowest BCUT2D eigenvalue weighted by molar-refractivity contribution is 0.169. The van der Waals surface area contributed by atoms with Crippen molar-refractivity contribution in [2.45, 2.75) is 39.3 Å². The highest BCUT2D eigenvalue weighted by Crippen LogP contribution is 2.48. The minimum absolute atomic E-state index is 0.121. The molecule has 0 radical (unpaired) electrons. The third kappa shape index (κ3) is 4.91. The van der Waals surface area contributed by atoms with Gasteiger partial charge in [0.05, 0.1) is 0 Å². The summed E-state index contributed by atoms with van der Waals surface area (Å²) >= 11 is 0. The van der Waals surface area contributed by atoms with E-state index in [0.717, 1.165) is 53.1 Å². The molecule has 2 N–H and O–H groups in total. The Bertz CT molecular complexity index is 1270. The molecular weight excluding hydrogens is 457 g/mol. The Kier molecular flexibility index (Phi) is 6.63. The van der Waals surface area contributed by atoms with Crippen LogP contribution in [0.2, 0.25) is 0 Å². The van der Waals surface area contributed by atoms with Gasteiger partial charge in [0.2, 0.25) is 0 Å². The molecule has 5 nitrogen and oxygen atoms in total. The third-order valence-corrected chi connectivity index (χ3v) is 7.22. The average Bonchev–Trinajstić information content (AvgIpc) is 3.29. The summed E-state index contributed by atoms with van der Waals surface area (Å²) in [4.78, 5) is 2.47. The van der Waals surface area contributed by atoms with Crippen molar-refractivity contribution < 1.29 is 24.1 Å². The van der Waals surface area contributed by atoms with Crippen molar-refractivity contribution in [1.29, 1.82) is 0 Å². The molecule has 6 heteroatoms. The van der Waals surface area contributed by atoms with Crippen LogP contribution in [0.25, 0.3) is 11.1 Å². The topological polar surface area (TPSA) is 62.2 Å². The van der Waals surface area contributed by atoms with E-state index in [2.05, 4.69) is 18.7 Å². The molecule has 0 spiro atoms. The van der Waals surface area contributed by atoms with Crippen LogP contribution in [-0.2, 0) is 0 Å². The van der Waals surface area contributed by atoms with Crippen LogP contribution in [0.15, 0.2) is 60.7 Å². The molecule has 36 heavy (non-hydrogen) atoms. The molecule has 1 fully saturated rings. The summed E-state index contributed by atoms with van der Waals surface area (Å²) in [5.74, 6) is 1.59. The van der Waals surface area contributed by atoms with Gasteiger partial charge in [-0.2, -0.15) is 0 Å². The first-order valence-corrected chi connectivity index (χ1v) is 12.5. The Labute approximate surface area is 211 Å². The number of fused-ring (bicyclic) bond motifs is 1. The minimum atomic E-state index is -0.531. The standard InChI is InChI=1S/C30H32FNO4/c1-18-10-11-32(16-18)19(2)17-35-26-7-4-21(5-8-26)30-29(22-12-23(31)14-25(34)13-22)20(3)27-15-24(33)6-9-28(27)36-30/h4-9,12-15,18-19,30,33-34H,10-11,16-17H2,1-3H3/t18-,19?,30?/m1/s1. The fraction of sp³-hybridized carbons (Fsp3) is 0.333. The molecule has 0 amide bonds. The summed E-state index contributed by atoms with van der Waals surface area (Å²) < 4.78 is 26.7. The van der Waals surface area contributed by atoms with Crippen molar-refractivity contribution in [3.8, 4) is 23.0 Å². The number of likely N-dealkylation sites (tertiary alicyclic amines) is 1. The number of hydrogen-bond acceptors (Lipinski definition) is 5. The fourth-order valence-corrected chi connectivity index (χ4v) is 5.20. The first-order chi connectivity index (χ1) is 17.3. The van der Waals surface area contributed by atoms with Gasteiger partial charge in [0.15, 0.2) is 0 Å². The number of ether oxygens (including phenoxy) is 2. The molecule has 2 unspecified atom stereocenters. The lowest BCUT2D eigenvalue weighted by atomic mass is 9.86. The predicted octanol–water partition coefficient (Wildman–Crippen LogP) is 6.41. The first kappa shape index (κ1) is 24.2. The van der Waals surface area contributed by atoms with Crippen LogP contribution >= 0.6 is 0 Å². The van der Waals surface area contributed by atoms with Gasteiger partial charge < -0.3 is 19.7 Å². The molecule has 188 valence electrons. The summed E-state index contributed by atoms with van der Waals surface area (Å²) in [6.45, 7) is 9.26. The van der Waals surface area contributed by atoms with Crippen molar-refractivity contribution in [2.75, 3.05) is 19.7 Å². The molecular formula is C30H32FNO4. The monoisotopic (exact) mass is 489 g/mol. The molecule has 2 aliphatic rings. The Hall–Kier alpha value is -3.51. The number of phenolic OH excluding ortho intramolecular Hbond substituents is 2. The minimum Gasteiger partial charge on any atom is -0.508 e. The van der Waals surface area contributed by atoms with Crippen LogP contribution in [-0.4, -0.2) is 40.9 Å². The van der Waals surface area contributed by atoms with E-state index in [1.807, 2.05) is 31.2 Å². The first-order valence-electron chi connectivity index (χ1n) is 12.5. The van der Waals surface area contributed by atoms with E-state index in [-0.39, 0.29) is 11.5 Å². The van der Waals surface area contributed by atoms with Gasteiger partial charge in [-0.3, -0.25) is 4.90 Å².